The van der Waals surface area contributed by atoms with Crippen molar-refractivity contribution in [1.82, 2.24) is 15.5 Å². The van der Waals surface area contributed by atoms with Crippen molar-refractivity contribution < 1.29 is 32.6 Å². The fourth-order valence-electron chi connectivity index (χ4n) is 5.39. The number of H-pyrrole nitrogens is 1. The number of carboxylic acid groups (broad SMARTS) is 1. The van der Waals surface area contributed by atoms with Gasteiger partial charge in [-0.15, -0.1) is 0 Å². The third kappa shape index (κ3) is 7.82. The van der Waals surface area contributed by atoms with Crippen LogP contribution < -0.4 is 5.32 Å². The van der Waals surface area contributed by atoms with Gasteiger partial charge < -0.3 is 15.2 Å². The summed E-state index contributed by atoms with van der Waals surface area (Å²) in [5.74, 6) is -1.96. The quantitative estimate of drug-likeness (QED) is 0.215. The molecule has 228 valence electrons. The smallest absolute Gasteiger partial charge is 0.475 e. The molecule has 3 N–H and O–H groups in total. The van der Waals surface area contributed by atoms with E-state index in [0.29, 0.717) is 6.54 Å². The van der Waals surface area contributed by atoms with Crippen LogP contribution >= 0.6 is 0 Å². The molecule has 3 aromatic carbocycles. The van der Waals surface area contributed by atoms with E-state index in [-0.39, 0.29) is 11.8 Å². The van der Waals surface area contributed by atoms with Gasteiger partial charge in [0.15, 0.2) is 0 Å². The van der Waals surface area contributed by atoms with E-state index in [4.69, 9.17) is 14.6 Å². The monoisotopic (exact) mass is 603 g/mol. The topological polar surface area (TPSA) is 104 Å². The van der Waals surface area contributed by atoms with Gasteiger partial charge in [0.1, 0.15) is 0 Å². The third-order valence-corrected chi connectivity index (χ3v) is 7.77. The van der Waals surface area contributed by atoms with Gasteiger partial charge in [0, 0.05) is 36.6 Å². The summed E-state index contributed by atoms with van der Waals surface area (Å²) >= 11 is 0. The Morgan fingerprint density at radius 3 is 2.34 bits per heavy atom. The molecular formula is C34H32F3N3O4. The summed E-state index contributed by atoms with van der Waals surface area (Å²) in [4.78, 5) is 21.5. The Hall–Kier alpha value is -4.70. The first kappa shape index (κ1) is 30.7. The van der Waals surface area contributed by atoms with Crippen molar-refractivity contribution in [2.45, 2.75) is 31.4 Å². The van der Waals surface area contributed by atoms with Crippen LogP contribution in [0.5, 0.6) is 0 Å². The summed E-state index contributed by atoms with van der Waals surface area (Å²) in [7, 11) is 0. The summed E-state index contributed by atoms with van der Waals surface area (Å²) in [6, 6.07) is 25.2. The van der Waals surface area contributed by atoms with Gasteiger partial charge in [-0.3, -0.25) is 9.89 Å². The van der Waals surface area contributed by atoms with E-state index in [1.807, 2.05) is 24.3 Å². The van der Waals surface area contributed by atoms with E-state index in [1.165, 1.54) is 5.56 Å². The van der Waals surface area contributed by atoms with Crippen LogP contribution in [0.3, 0.4) is 0 Å². The average Bonchev–Trinajstić information content (AvgIpc) is 3.60. The summed E-state index contributed by atoms with van der Waals surface area (Å²) in [6.07, 6.45) is 4.53. The Bertz CT molecular complexity index is 1650. The van der Waals surface area contributed by atoms with Crippen molar-refractivity contribution in [3.63, 3.8) is 0 Å². The molecule has 2 aliphatic heterocycles. The number of nitrogens with one attached hydrogen (secondary N) is 2. The molecule has 3 heterocycles. The van der Waals surface area contributed by atoms with Crippen molar-refractivity contribution in [2.24, 2.45) is 5.92 Å². The fraction of sp³-hybridized carbons (Fsp3) is 0.265. The zero-order valence-electron chi connectivity index (χ0n) is 23.8. The zero-order chi connectivity index (χ0) is 31.1. The maximum Gasteiger partial charge on any atom is 0.490 e. The first-order valence-electron chi connectivity index (χ1n) is 14.3. The molecule has 0 aliphatic carbocycles. The van der Waals surface area contributed by atoms with Gasteiger partial charge in [-0.1, -0.05) is 66.7 Å². The molecule has 1 amide bonds. The van der Waals surface area contributed by atoms with Crippen LogP contribution in [0.1, 0.15) is 46.7 Å². The maximum atomic E-state index is 12.6. The van der Waals surface area contributed by atoms with Crippen molar-refractivity contribution in [3.05, 3.63) is 106 Å². The number of halogens is 3. The second kappa shape index (κ2) is 13.7. The number of carboxylic acids is 1. The third-order valence-electron chi connectivity index (χ3n) is 7.77. The van der Waals surface area contributed by atoms with Crippen LogP contribution in [0, 0.1) is 5.92 Å². The molecule has 7 nitrogen and oxygen atoms in total. The van der Waals surface area contributed by atoms with Gasteiger partial charge in [0.2, 0.25) is 5.91 Å². The Balaban J connectivity index is 0.000000493. The van der Waals surface area contributed by atoms with E-state index in [9.17, 15) is 18.0 Å². The minimum absolute atomic E-state index is 0.000888. The molecule has 6 rings (SSSR count). The van der Waals surface area contributed by atoms with Crippen LogP contribution in [0.15, 0.2) is 78.4 Å². The number of fused-ring (bicyclic) bond motifs is 1. The molecule has 0 spiro atoms. The van der Waals surface area contributed by atoms with E-state index in [2.05, 4.69) is 82.3 Å². The summed E-state index contributed by atoms with van der Waals surface area (Å²) in [5, 5.41) is 18.9. The lowest BCUT2D eigenvalue weighted by Crippen LogP contribution is -2.21. The lowest BCUT2D eigenvalue weighted by atomic mass is 9.92. The molecule has 1 aromatic heterocycles. The van der Waals surface area contributed by atoms with E-state index in [1.54, 1.807) is 0 Å². The highest BCUT2D eigenvalue weighted by molar-refractivity contribution is 6.02. The highest BCUT2D eigenvalue weighted by Crippen LogP contribution is 2.31. The number of benzene rings is 3. The average molecular weight is 604 g/mol. The summed E-state index contributed by atoms with van der Waals surface area (Å²) in [5.41, 5.74) is 7.34. The molecular weight excluding hydrogens is 571 g/mol. The molecule has 1 unspecified atom stereocenters. The van der Waals surface area contributed by atoms with Crippen molar-refractivity contribution in [3.8, 4) is 0 Å². The van der Waals surface area contributed by atoms with Gasteiger partial charge in [-0.25, -0.2) is 4.79 Å². The molecule has 2 saturated heterocycles. The Morgan fingerprint density at radius 2 is 1.66 bits per heavy atom. The number of alkyl halides is 3. The van der Waals surface area contributed by atoms with Crippen LogP contribution in [0.25, 0.3) is 29.1 Å². The molecule has 1 atom stereocenters. The van der Waals surface area contributed by atoms with Crippen LogP contribution in [0.4, 0.5) is 13.2 Å². The molecule has 0 bridgehead atoms. The molecule has 0 saturated carbocycles. The van der Waals surface area contributed by atoms with Gasteiger partial charge in [-0.2, -0.15) is 18.3 Å². The van der Waals surface area contributed by atoms with E-state index in [0.717, 1.165) is 77.3 Å². The number of hydrogen-bond donors (Lipinski definition) is 3. The number of ether oxygens (including phenoxy) is 1. The van der Waals surface area contributed by atoms with Crippen LogP contribution in [0.2, 0.25) is 0 Å². The van der Waals surface area contributed by atoms with Crippen LogP contribution in [-0.2, 0) is 20.7 Å². The number of aromatic amines is 1. The van der Waals surface area contributed by atoms with Gasteiger partial charge >= 0.3 is 12.1 Å². The van der Waals surface area contributed by atoms with Gasteiger partial charge in [0.05, 0.1) is 11.2 Å². The second-order valence-electron chi connectivity index (χ2n) is 10.8. The molecule has 44 heavy (non-hydrogen) atoms. The lowest BCUT2D eigenvalue weighted by Gasteiger charge is -2.21. The Morgan fingerprint density at radius 1 is 0.977 bits per heavy atom. The van der Waals surface area contributed by atoms with Gasteiger partial charge in [-0.05, 0) is 71.7 Å². The largest absolute Gasteiger partial charge is 0.490 e. The predicted molar refractivity (Wildman–Crippen MR) is 163 cm³/mol. The first-order valence-corrected chi connectivity index (χ1v) is 14.3. The number of amides is 1. The van der Waals surface area contributed by atoms with E-state index < -0.39 is 12.1 Å². The van der Waals surface area contributed by atoms with Crippen molar-refractivity contribution in [1.29, 1.82) is 0 Å². The zero-order valence-corrected chi connectivity index (χ0v) is 23.8. The van der Waals surface area contributed by atoms with E-state index >= 15 is 0 Å². The van der Waals surface area contributed by atoms with Gasteiger partial charge in [0.25, 0.3) is 0 Å². The molecule has 2 aliphatic rings. The highest BCUT2D eigenvalue weighted by atomic mass is 19.4. The van der Waals surface area contributed by atoms with Crippen LogP contribution in [-0.4, -0.2) is 53.1 Å². The normalized spacial score (nSPS) is 18.4. The number of carbonyl (C=O) groups is 2. The van der Waals surface area contributed by atoms with Crippen molar-refractivity contribution in [2.75, 3.05) is 19.8 Å². The predicted octanol–water partition coefficient (Wildman–Crippen LogP) is 6.63. The minimum atomic E-state index is -5.08. The highest BCUT2D eigenvalue weighted by Gasteiger charge is 2.38. The number of aliphatic carboxylic acids is 1. The number of hydrogen-bond acceptors (Lipinski definition) is 4. The second-order valence-corrected chi connectivity index (χ2v) is 10.8. The number of rotatable bonds is 6. The number of nitrogens with zero attached hydrogens (tertiary/aromatic N) is 1. The SMILES string of the molecule is O=C(O)C(F)(F)F.O=C1NCC(c2ccccc2)/C1=C\c1ccc2c(/C=C/c3ccc(CC4CCOCC4)cc3)n[nH]c2c1. The number of aromatic nitrogens is 2. The lowest BCUT2D eigenvalue weighted by molar-refractivity contribution is -0.192. The molecule has 10 heteroatoms. The Labute approximate surface area is 252 Å². The molecule has 2 fully saturated rings. The standard InChI is InChI=1S/C32H31N3O2.C2HF3O2/c36-32-28(29(21-33-32)26-4-2-1-3-5-26)19-25-10-12-27-30(34-35-31(27)20-25)13-11-22-6-8-23(9-7-22)18-24-14-16-37-17-15-24;3-2(4,5)1(6)7/h1-13,19-20,24,29H,14-18,21H2,(H,33,36)(H,34,35);(H,6,7)/b13-11+,28-19+;. The molecule has 0 radical (unpaired) electrons. The minimum Gasteiger partial charge on any atom is -0.475 e. The molecule has 4 aromatic rings. The first-order chi connectivity index (χ1) is 21.2. The maximum absolute atomic E-state index is 12.6. The van der Waals surface area contributed by atoms with Crippen molar-refractivity contribution >= 4 is 41.0 Å². The summed E-state index contributed by atoms with van der Waals surface area (Å²) in [6.45, 7) is 2.42. The number of carbonyl (C=O) groups excluding carboxylic acids is 1. The fourth-order valence-corrected chi connectivity index (χ4v) is 5.39. The summed E-state index contributed by atoms with van der Waals surface area (Å²) < 4.78 is 37.2. The Kier molecular flexibility index (Phi) is 9.59.